The van der Waals surface area contributed by atoms with E-state index in [-0.39, 0.29) is 17.5 Å². The van der Waals surface area contributed by atoms with Gasteiger partial charge in [0.25, 0.3) is 5.91 Å². The quantitative estimate of drug-likeness (QED) is 0.755. The molecule has 0 fully saturated rings. The van der Waals surface area contributed by atoms with Gasteiger partial charge < -0.3 is 10.6 Å². The first-order valence-electron chi connectivity index (χ1n) is 7.32. The fourth-order valence-electron chi connectivity index (χ4n) is 2.23. The molecule has 0 aliphatic carbocycles. The number of benzene rings is 2. The summed E-state index contributed by atoms with van der Waals surface area (Å²) in [6.45, 7) is 1.40. The van der Waals surface area contributed by atoms with Crippen molar-refractivity contribution in [2.45, 2.75) is 6.92 Å². The summed E-state index contributed by atoms with van der Waals surface area (Å²) >= 11 is 1.21. The van der Waals surface area contributed by atoms with E-state index in [1.165, 1.54) is 18.3 Å². The zero-order chi connectivity index (χ0) is 16.9. The summed E-state index contributed by atoms with van der Waals surface area (Å²) < 4.78 is 0. The van der Waals surface area contributed by atoms with Crippen molar-refractivity contribution in [3.63, 3.8) is 0 Å². The number of hydrogen-bond donors (Lipinski definition) is 2. The van der Waals surface area contributed by atoms with Gasteiger partial charge >= 0.3 is 0 Å². The molecule has 0 saturated heterocycles. The molecule has 24 heavy (non-hydrogen) atoms. The highest BCUT2D eigenvalue weighted by molar-refractivity contribution is 7.14. The number of para-hydroxylation sites is 1. The molecule has 1 aromatic heterocycles. The minimum Gasteiger partial charge on any atom is -0.320 e. The van der Waals surface area contributed by atoms with Crippen molar-refractivity contribution in [1.82, 2.24) is 4.98 Å². The van der Waals surface area contributed by atoms with Crippen molar-refractivity contribution in [1.29, 1.82) is 0 Å². The van der Waals surface area contributed by atoms with Crippen LogP contribution in [0.5, 0.6) is 0 Å². The molecule has 5 nitrogen and oxygen atoms in total. The molecule has 2 aromatic carbocycles. The summed E-state index contributed by atoms with van der Waals surface area (Å²) in [6.07, 6.45) is 0. The van der Waals surface area contributed by atoms with Gasteiger partial charge in [0, 0.05) is 23.6 Å². The van der Waals surface area contributed by atoms with Crippen LogP contribution in [0.1, 0.15) is 17.4 Å². The number of aromatic nitrogens is 1. The molecule has 3 aromatic rings. The lowest BCUT2D eigenvalue weighted by atomic mass is 10.0. The molecule has 3 rings (SSSR count). The number of rotatable bonds is 4. The van der Waals surface area contributed by atoms with Crippen molar-refractivity contribution in [2.24, 2.45) is 0 Å². The molecule has 0 atom stereocenters. The van der Waals surface area contributed by atoms with Gasteiger partial charge in [-0.05, 0) is 11.6 Å². The van der Waals surface area contributed by atoms with E-state index in [4.69, 9.17) is 0 Å². The molecule has 0 aliphatic rings. The van der Waals surface area contributed by atoms with Crippen LogP contribution < -0.4 is 10.6 Å². The minimum absolute atomic E-state index is 0.217. The van der Waals surface area contributed by atoms with Crippen LogP contribution in [0.25, 0.3) is 11.1 Å². The molecular formula is C18H15N3O2S. The van der Waals surface area contributed by atoms with E-state index in [9.17, 15) is 9.59 Å². The second kappa shape index (κ2) is 7.06. The first kappa shape index (κ1) is 15.9. The van der Waals surface area contributed by atoms with Gasteiger partial charge in [-0.2, -0.15) is 0 Å². The van der Waals surface area contributed by atoms with Crippen molar-refractivity contribution in [3.05, 3.63) is 65.7 Å². The smallest absolute Gasteiger partial charge is 0.275 e. The number of carbonyl (C=O) groups is 2. The summed E-state index contributed by atoms with van der Waals surface area (Å²) in [7, 11) is 0. The predicted octanol–water partition coefficient (Wildman–Crippen LogP) is 4.02. The number of thiazole rings is 1. The summed E-state index contributed by atoms with van der Waals surface area (Å²) in [4.78, 5) is 27.6. The number of nitrogens with one attached hydrogen (secondary N) is 2. The van der Waals surface area contributed by atoms with Gasteiger partial charge in [0.1, 0.15) is 5.69 Å². The van der Waals surface area contributed by atoms with Crippen molar-refractivity contribution in [2.75, 3.05) is 10.6 Å². The molecule has 0 bridgehead atoms. The second-order valence-corrected chi connectivity index (χ2v) is 5.94. The Labute approximate surface area is 143 Å². The molecule has 2 amide bonds. The Morgan fingerprint density at radius 1 is 0.958 bits per heavy atom. The van der Waals surface area contributed by atoms with Gasteiger partial charge in [-0.25, -0.2) is 4.98 Å². The molecule has 120 valence electrons. The Morgan fingerprint density at radius 3 is 2.42 bits per heavy atom. The van der Waals surface area contributed by atoms with Crippen LogP contribution in [0, 0.1) is 0 Å². The monoisotopic (exact) mass is 337 g/mol. The van der Waals surface area contributed by atoms with Crippen LogP contribution in [0.15, 0.2) is 60.0 Å². The van der Waals surface area contributed by atoms with Gasteiger partial charge in [0.2, 0.25) is 5.91 Å². The SMILES string of the molecule is CC(=O)Nc1nc(C(=O)Nc2ccccc2-c2ccccc2)cs1. The van der Waals surface area contributed by atoms with Gasteiger partial charge in [-0.15, -0.1) is 11.3 Å². The second-order valence-electron chi connectivity index (χ2n) is 5.08. The molecule has 0 aliphatic heterocycles. The van der Waals surface area contributed by atoms with Gasteiger partial charge in [0.05, 0.1) is 0 Å². The van der Waals surface area contributed by atoms with E-state index in [0.717, 1.165) is 11.1 Å². The average molecular weight is 337 g/mol. The fraction of sp³-hybridized carbons (Fsp3) is 0.0556. The highest BCUT2D eigenvalue weighted by Crippen LogP contribution is 2.28. The Hall–Kier alpha value is -2.99. The molecular weight excluding hydrogens is 322 g/mol. The Balaban J connectivity index is 1.83. The van der Waals surface area contributed by atoms with Crippen LogP contribution in [0.4, 0.5) is 10.8 Å². The first-order valence-corrected chi connectivity index (χ1v) is 8.20. The van der Waals surface area contributed by atoms with E-state index < -0.39 is 0 Å². The number of hydrogen-bond acceptors (Lipinski definition) is 4. The predicted molar refractivity (Wildman–Crippen MR) is 96.2 cm³/mol. The van der Waals surface area contributed by atoms with E-state index in [1.54, 1.807) is 5.38 Å². The van der Waals surface area contributed by atoms with E-state index in [0.29, 0.717) is 10.8 Å². The lowest BCUT2D eigenvalue weighted by molar-refractivity contribution is -0.114. The Kier molecular flexibility index (Phi) is 4.67. The third-order valence-electron chi connectivity index (χ3n) is 3.28. The van der Waals surface area contributed by atoms with Crippen molar-refractivity contribution in [3.8, 4) is 11.1 Å². The van der Waals surface area contributed by atoms with Crippen LogP contribution in [-0.4, -0.2) is 16.8 Å². The van der Waals surface area contributed by atoms with Crippen LogP contribution >= 0.6 is 11.3 Å². The largest absolute Gasteiger partial charge is 0.320 e. The average Bonchev–Trinajstić information content (AvgIpc) is 3.04. The topological polar surface area (TPSA) is 71.1 Å². The Bertz CT molecular complexity index is 875. The van der Waals surface area contributed by atoms with Crippen molar-refractivity contribution >= 4 is 34.0 Å². The maximum atomic E-state index is 12.4. The van der Waals surface area contributed by atoms with E-state index in [2.05, 4.69) is 15.6 Å². The van der Waals surface area contributed by atoms with Gasteiger partial charge in [-0.3, -0.25) is 9.59 Å². The number of nitrogens with zero attached hydrogens (tertiary/aromatic N) is 1. The third kappa shape index (κ3) is 3.67. The fourth-order valence-corrected chi connectivity index (χ4v) is 2.97. The van der Waals surface area contributed by atoms with Gasteiger partial charge in [-0.1, -0.05) is 48.5 Å². The normalized spacial score (nSPS) is 10.2. The van der Waals surface area contributed by atoms with Crippen LogP contribution in [-0.2, 0) is 4.79 Å². The summed E-state index contributed by atoms with van der Waals surface area (Å²) in [5.41, 5.74) is 2.93. The number of amides is 2. The molecule has 0 unspecified atom stereocenters. The highest BCUT2D eigenvalue weighted by Gasteiger charge is 2.13. The first-order chi connectivity index (χ1) is 11.6. The zero-order valence-electron chi connectivity index (χ0n) is 12.9. The maximum absolute atomic E-state index is 12.4. The molecule has 6 heteroatoms. The lowest BCUT2D eigenvalue weighted by Crippen LogP contribution is -2.13. The summed E-state index contributed by atoms with van der Waals surface area (Å²) in [6, 6.07) is 17.4. The minimum atomic E-state index is -0.314. The molecule has 0 radical (unpaired) electrons. The van der Waals surface area contributed by atoms with Crippen LogP contribution in [0.2, 0.25) is 0 Å². The number of carbonyl (C=O) groups excluding carboxylic acids is 2. The number of anilines is 2. The third-order valence-corrected chi connectivity index (χ3v) is 4.04. The molecule has 2 N–H and O–H groups in total. The van der Waals surface area contributed by atoms with E-state index >= 15 is 0 Å². The highest BCUT2D eigenvalue weighted by atomic mass is 32.1. The lowest BCUT2D eigenvalue weighted by Gasteiger charge is -2.10. The molecule has 1 heterocycles. The van der Waals surface area contributed by atoms with Crippen LogP contribution in [0.3, 0.4) is 0 Å². The van der Waals surface area contributed by atoms with E-state index in [1.807, 2.05) is 54.6 Å². The van der Waals surface area contributed by atoms with Gasteiger partial charge in [0.15, 0.2) is 5.13 Å². The molecule has 0 saturated carbocycles. The Morgan fingerprint density at radius 2 is 1.67 bits per heavy atom. The summed E-state index contributed by atoms with van der Waals surface area (Å²) in [5.74, 6) is -0.531. The maximum Gasteiger partial charge on any atom is 0.275 e. The summed E-state index contributed by atoms with van der Waals surface area (Å²) in [5, 5.41) is 7.48. The zero-order valence-corrected chi connectivity index (χ0v) is 13.8. The standard InChI is InChI=1S/C18H15N3O2S/c1-12(22)19-18-21-16(11-24-18)17(23)20-15-10-6-5-9-14(15)13-7-3-2-4-8-13/h2-11H,1H3,(H,20,23)(H,19,21,22). The molecule has 0 spiro atoms. The van der Waals surface area contributed by atoms with Crippen molar-refractivity contribution < 1.29 is 9.59 Å².